The van der Waals surface area contributed by atoms with Crippen molar-refractivity contribution in [3.63, 3.8) is 0 Å². The van der Waals surface area contributed by atoms with E-state index in [4.69, 9.17) is 0 Å². The molecule has 1 aromatic carbocycles. The molecule has 1 saturated heterocycles. The Morgan fingerprint density at radius 3 is 2.79 bits per heavy atom. The molecular formula is C10H14ClFN2. The molecule has 0 radical (unpaired) electrons. The van der Waals surface area contributed by atoms with E-state index >= 15 is 0 Å². The Labute approximate surface area is 89.3 Å². The van der Waals surface area contributed by atoms with Gasteiger partial charge in [-0.25, -0.2) is 4.39 Å². The quantitative estimate of drug-likeness (QED) is 0.743. The van der Waals surface area contributed by atoms with Crippen LogP contribution in [0.4, 0.5) is 4.39 Å². The molecular weight excluding hydrogens is 203 g/mol. The fourth-order valence-corrected chi connectivity index (χ4v) is 1.61. The van der Waals surface area contributed by atoms with Crippen molar-refractivity contribution in [3.8, 4) is 0 Å². The van der Waals surface area contributed by atoms with Gasteiger partial charge < -0.3 is 10.6 Å². The average molecular weight is 217 g/mol. The van der Waals surface area contributed by atoms with E-state index in [0.29, 0.717) is 0 Å². The van der Waals surface area contributed by atoms with Crippen LogP contribution >= 0.6 is 12.4 Å². The molecule has 1 aromatic rings. The summed E-state index contributed by atoms with van der Waals surface area (Å²) in [6, 6.07) is 7.02. The molecule has 78 valence electrons. The molecule has 0 bridgehead atoms. The number of benzene rings is 1. The summed E-state index contributed by atoms with van der Waals surface area (Å²) in [7, 11) is 0. The normalized spacial score (nSPS) is 21.4. The monoisotopic (exact) mass is 216 g/mol. The summed E-state index contributed by atoms with van der Waals surface area (Å²) in [5.41, 5.74) is 1.02. The fourth-order valence-electron chi connectivity index (χ4n) is 1.61. The molecule has 1 heterocycles. The third kappa shape index (κ3) is 2.67. The smallest absolute Gasteiger partial charge is 0.123 e. The van der Waals surface area contributed by atoms with E-state index in [9.17, 15) is 4.39 Å². The molecule has 14 heavy (non-hydrogen) atoms. The number of piperazine rings is 1. The first-order chi connectivity index (χ1) is 6.36. The lowest BCUT2D eigenvalue weighted by Gasteiger charge is -2.24. The Hall–Kier alpha value is -0.640. The highest BCUT2D eigenvalue weighted by molar-refractivity contribution is 5.85. The van der Waals surface area contributed by atoms with Crippen LogP contribution in [-0.2, 0) is 0 Å². The van der Waals surface area contributed by atoms with E-state index in [2.05, 4.69) is 10.6 Å². The van der Waals surface area contributed by atoms with E-state index in [1.807, 2.05) is 6.07 Å². The van der Waals surface area contributed by atoms with Crippen LogP contribution in [0.25, 0.3) is 0 Å². The van der Waals surface area contributed by atoms with Crippen molar-refractivity contribution in [1.29, 1.82) is 0 Å². The van der Waals surface area contributed by atoms with Crippen molar-refractivity contribution in [2.75, 3.05) is 19.6 Å². The maximum Gasteiger partial charge on any atom is 0.123 e. The number of halogens is 2. The molecule has 1 atom stereocenters. The van der Waals surface area contributed by atoms with Gasteiger partial charge in [-0.2, -0.15) is 0 Å². The Balaban J connectivity index is 0.000000980. The first-order valence-electron chi connectivity index (χ1n) is 4.56. The van der Waals surface area contributed by atoms with E-state index in [0.717, 1.165) is 25.2 Å². The van der Waals surface area contributed by atoms with Gasteiger partial charge in [0.25, 0.3) is 0 Å². The lowest BCUT2D eigenvalue weighted by Crippen LogP contribution is -2.42. The molecule has 0 amide bonds. The molecule has 2 rings (SSSR count). The largest absolute Gasteiger partial charge is 0.314 e. The Morgan fingerprint density at radius 1 is 1.29 bits per heavy atom. The van der Waals surface area contributed by atoms with Gasteiger partial charge in [0.2, 0.25) is 0 Å². The van der Waals surface area contributed by atoms with Gasteiger partial charge in [-0.3, -0.25) is 0 Å². The van der Waals surface area contributed by atoms with Gasteiger partial charge in [0, 0.05) is 25.7 Å². The molecule has 2 nitrogen and oxygen atoms in total. The number of hydrogen-bond acceptors (Lipinski definition) is 2. The molecule has 1 aliphatic rings. The van der Waals surface area contributed by atoms with Crippen LogP contribution in [0.3, 0.4) is 0 Å². The summed E-state index contributed by atoms with van der Waals surface area (Å²) in [5, 5.41) is 6.60. The second-order valence-corrected chi connectivity index (χ2v) is 3.27. The first-order valence-corrected chi connectivity index (χ1v) is 4.56. The van der Waals surface area contributed by atoms with Crippen LogP contribution in [0.15, 0.2) is 24.3 Å². The highest BCUT2D eigenvalue weighted by atomic mass is 35.5. The number of rotatable bonds is 1. The first kappa shape index (κ1) is 11.4. The summed E-state index contributed by atoms with van der Waals surface area (Å²) in [6.45, 7) is 2.82. The van der Waals surface area contributed by atoms with Gasteiger partial charge >= 0.3 is 0 Å². The predicted molar refractivity (Wildman–Crippen MR) is 57.3 cm³/mol. The molecule has 0 aliphatic carbocycles. The third-order valence-electron chi connectivity index (χ3n) is 2.29. The average Bonchev–Trinajstić information content (AvgIpc) is 2.19. The van der Waals surface area contributed by atoms with Gasteiger partial charge in [-0.1, -0.05) is 12.1 Å². The minimum absolute atomic E-state index is 0. The van der Waals surface area contributed by atoms with E-state index in [1.54, 1.807) is 12.1 Å². The molecule has 4 heteroatoms. The van der Waals surface area contributed by atoms with Gasteiger partial charge in [0.15, 0.2) is 0 Å². The Bertz CT molecular complexity index is 287. The zero-order valence-electron chi connectivity index (χ0n) is 7.79. The van der Waals surface area contributed by atoms with Crippen molar-refractivity contribution in [2.24, 2.45) is 0 Å². The van der Waals surface area contributed by atoms with E-state index in [-0.39, 0.29) is 24.3 Å². The number of hydrogen-bond donors (Lipinski definition) is 2. The zero-order chi connectivity index (χ0) is 9.10. The molecule has 0 saturated carbocycles. The SMILES string of the molecule is Cl.Fc1cccc([C@H]2CNCCN2)c1. The zero-order valence-corrected chi connectivity index (χ0v) is 8.61. The lowest BCUT2D eigenvalue weighted by molar-refractivity contribution is 0.428. The van der Waals surface area contributed by atoms with Crippen molar-refractivity contribution in [1.82, 2.24) is 10.6 Å². The topological polar surface area (TPSA) is 24.1 Å². The number of nitrogens with one attached hydrogen (secondary N) is 2. The van der Waals surface area contributed by atoms with Crippen molar-refractivity contribution >= 4 is 12.4 Å². The van der Waals surface area contributed by atoms with Gasteiger partial charge in [0.05, 0.1) is 0 Å². The van der Waals surface area contributed by atoms with Crippen LogP contribution in [0.1, 0.15) is 11.6 Å². The second kappa shape index (κ2) is 5.29. The van der Waals surface area contributed by atoms with Crippen molar-refractivity contribution < 1.29 is 4.39 Å². The Kier molecular flexibility index (Phi) is 4.32. The summed E-state index contributed by atoms with van der Waals surface area (Å²) in [5.74, 6) is -0.162. The fraction of sp³-hybridized carbons (Fsp3) is 0.400. The summed E-state index contributed by atoms with van der Waals surface area (Å²) in [4.78, 5) is 0. The van der Waals surface area contributed by atoms with Gasteiger partial charge in [-0.05, 0) is 17.7 Å². The van der Waals surface area contributed by atoms with Crippen molar-refractivity contribution in [2.45, 2.75) is 6.04 Å². The molecule has 0 aromatic heterocycles. The van der Waals surface area contributed by atoms with E-state index in [1.165, 1.54) is 6.07 Å². The van der Waals surface area contributed by atoms with Crippen molar-refractivity contribution in [3.05, 3.63) is 35.6 Å². The predicted octanol–water partition coefficient (Wildman–Crippen LogP) is 1.48. The molecule has 2 N–H and O–H groups in total. The van der Waals surface area contributed by atoms with Crippen LogP contribution in [0.5, 0.6) is 0 Å². The minimum atomic E-state index is -0.162. The van der Waals surface area contributed by atoms with Crippen LogP contribution in [-0.4, -0.2) is 19.6 Å². The van der Waals surface area contributed by atoms with Gasteiger partial charge in [-0.15, -0.1) is 12.4 Å². The van der Waals surface area contributed by atoms with Crippen LogP contribution < -0.4 is 10.6 Å². The second-order valence-electron chi connectivity index (χ2n) is 3.27. The highest BCUT2D eigenvalue weighted by Crippen LogP contribution is 2.14. The minimum Gasteiger partial charge on any atom is -0.314 e. The summed E-state index contributed by atoms with van der Waals surface area (Å²) >= 11 is 0. The van der Waals surface area contributed by atoms with Gasteiger partial charge in [0.1, 0.15) is 5.82 Å². The van der Waals surface area contributed by atoms with E-state index < -0.39 is 0 Å². The van der Waals surface area contributed by atoms with Crippen LogP contribution in [0, 0.1) is 5.82 Å². The molecule has 1 fully saturated rings. The lowest BCUT2D eigenvalue weighted by atomic mass is 10.1. The van der Waals surface area contributed by atoms with Crippen LogP contribution in [0.2, 0.25) is 0 Å². The summed E-state index contributed by atoms with van der Waals surface area (Å²) < 4.78 is 12.9. The third-order valence-corrected chi connectivity index (χ3v) is 2.29. The molecule has 1 aliphatic heterocycles. The Morgan fingerprint density at radius 2 is 2.14 bits per heavy atom. The molecule has 0 spiro atoms. The standard InChI is InChI=1S/C10H13FN2.ClH/c11-9-3-1-2-8(6-9)10-7-12-4-5-13-10;/h1-3,6,10,12-13H,4-5,7H2;1H/t10-;/m1./s1. The highest BCUT2D eigenvalue weighted by Gasteiger charge is 2.13. The molecule has 0 unspecified atom stereocenters. The summed E-state index contributed by atoms with van der Waals surface area (Å²) in [6.07, 6.45) is 0. The maximum absolute atomic E-state index is 12.9. The maximum atomic E-state index is 12.9.